The lowest BCUT2D eigenvalue weighted by Crippen LogP contribution is -1.91. The Morgan fingerprint density at radius 1 is 0.880 bits per heavy atom. The number of anilines is 2. The van der Waals surface area contributed by atoms with E-state index in [0.717, 1.165) is 27.4 Å². The summed E-state index contributed by atoms with van der Waals surface area (Å²) in [4.78, 5) is 0.980. The summed E-state index contributed by atoms with van der Waals surface area (Å²) < 4.78 is 1.22. The molecule has 1 heterocycles. The number of aryl methyl sites for hydroxylation is 1. The summed E-state index contributed by atoms with van der Waals surface area (Å²) in [6.07, 6.45) is 5.77. The molecule has 0 unspecified atom stereocenters. The molecule has 0 aliphatic carbocycles. The lowest BCUT2D eigenvalue weighted by molar-refractivity contribution is 1.45. The molecule has 1 aromatic heterocycles. The Bertz CT molecular complexity index is 1080. The summed E-state index contributed by atoms with van der Waals surface area (Å²) in [5, 5.41) is 4.69. The summed E-state index contributed by atoms with van der Waals surface area (Å²) in [5.41, 5.74) is 5.68. The molecule has 4 aromatic rings. The number of hydrogen-bond acceptors (Lipinski definition) is 2. The molecule has 0 bridgehead atoms. The molecule has 1 N–H and O–H groups in total. The van der Waals surface area contributed by atoms with Crippen LogP contribution < -0.4 is 5.32 Å². The standard InChI is InChI=1S/C23H17NS/c1-3-21-23(20-9-4-5-10-22(20)25-21)17-7-6-8-19(15-17)24-18-13-11-16(2)12-14-18/h1,4-15,24H,2H3. The summed E-state index contributed by atoms with van der Waals surface area (Å²) in [6.45, 7) is 2.09. The largest absolute Gasteiger partial charge is 0.356 e. The summed E-state index contributed by atoms with van der Waals surface area (Å²) >= 11 is 1.67. The predicted molar refractivity (Wildman–Crippen MR) is 110 cm³/mol. The number of thiophene rings is 1. The first-order valence-electron chi connectivity index (χ1n) is 8.17. The summed E-state index contributed by atoms with van der Waals surface area (Å²) in [7, 11) is 0. The fourth-order valence-corrected chi connectivity index (χ4v) is 4.03. The fraction of sp³-hybridized carbons (Fsp3) is 0.0435. The van der Waals surface area contributed by atoms with Crippen LogP contribution in [0, 0.1) is 19.3 Å². The zero-order valence-electron chi connectivity index (χ0n) is 13.9. The van der Waals surface area contributed by atoms with Gasteiger partial charge in [0.25, 0.3) is 0 Å². The molecular formula is C23H17NS. The van der Waals surface area contributed by atoms with Crippen molar-refractivity contribution in [3.8, 4) is 23.5 Å². The van der Waals surface area contributed by atoms with E-state index in [0.29, 0.717) is 0 Å². The fourth-order valence-electron chi connectivity index (χ4n) is 2.99. The molecule has 0 saturated carbocycles. The lowest BCUT2D eigenvalue weighted by atomic mass is 10.0. The molecule has 25 heavy (non-hydrogen) atoms. The van der Waals surface area contributed by atoms with Crippen LogP contribution in [-0.2, 0) is 0 Å². The summed E-state index contributed by atoms with van der Waals surface area (Å²) in [5.74, 6) is 2.86. The van der Waals surface area contributed by atoms with E-state index < -0.39 is 0 Å². The van der Waals surface area contributed by atoms with Crippen LogP contribution in [0.4, 0.5) is 11.4 Å². The molecule has 0 saturated heterocycles. The maximum atomic E-state index is 5.77. The Labute approximate surface area is 152 Å². The van der Waals surface area contributed by atoms with Gasteiger partial charge in [0.05, 0.1) is 4.88 Å². The molecule has 0 spiro atoms. The Morgan fingerprint density at radius 3 is 2.48 bits per heavy atom. The van der Waals surface area contributed by atoms with Gasteiger partial charge in [-0.15, -0.1) is 17.8 Å². The highest BCUT2D eigenvalue weighted by atomic mass is 32.1. The highest BCUT2D eigenvalue weighted by Gasteiger charge is 2.12. The van der Waals surface area contributed by atoms with Crippen LogP contribution in [-0.4, -0.2) is 0 Å². The molecule has 0 amide bonds. The van der Waals surface area contributed by atoms with Gasteiger partial charge in [-0.25, -0.2) is 0 Å². The van der Waals surface area contributed by atoms with Gasteiger partial charge >= 0.3 is 0 Å². The Morgan fingerprint density at radius 2 is 1.68 bits per heavy atom. The average molecular weight is 339 g/mol. The van der Waals surface area contributed by atoms with Crippen molar-refractivity contribution < 1.29 is 0 Å². The van der Waals surface area contributed by atoms with E-state index in [2.05, 4.69) is 91.0 Å². The summed E-state index contributed by atoms with van der Waals surface area (Å²) in [6, 6.07) is 25.2. The van der Waals surface area contributed by atoms with Crippen molar-refractivity contribution in [2.24, 2.45) is 0 Å². The number of terminal acetylenes is 1. The van der Waals surface area contributed by atoms with Gasteiger partial charge in [0, 0.05) is 27.0 Å². The SMILES string of the molecule is C#Cc1sc2ccccc2c1-c1cccc(Nc2ccc(C)cc2)c1. The minimum atomic E-state index is 0.980. The van der Waals surface area contributed by atoms with Gasteiger partial charge in [0.1, 0.15) is 0 Å². The molecule has 4 rings (SSSR count). The maximum absolute atomic E-state index is 5.77. The highest BCUT2D eigenvalue weighted by molar-refractivity contribution is 7.20. The van der Waals surface area contributed by atoms with E-state index in [4.69, 9.17) is 6.42 Å². The number of rotatable bonds is 3. The Hall–Kier alpha value is -3.02. The minimum absolute atomic E-state index is 0.980. The predicted octanol–water partition coefficient (Wildman–Crippen LogP) is 6.60. The van der Waals surface area contributed by atoms with E-state index in [9.17, 15) is 0 Å². The van der Waals surface area contributed by atoms with Crippen molar-refractivity contribution in [3.05, 3.63) is 83.2 Å². The second-order valence-electron chi connectivity index (χ2n) is 6.02. The van der Waals surface area contributed by atoms with Gasteiger partial charge in [-0.2, -0.15) is 0 Å². The van der Waals surface area contributed by atoms with Gasteiger partial charge in [-0.1, -0.05) is 53.9 Å². The van der Waals surface area contributed by atoms with Gasteiger partial charge < -0.3 is 5.32 Å². The first-order chi connectivity index (χ1) is 12.2. The van der Waals surface area contributed by atoms with Crippen LogP contribution in [0.15, 0.2) is 72.8 Å². The van der Waals surface area contributed by atoms with Crippen molar-refractivity contribution in [2.45, 2.75) is 6.92 Å². The zero-order valence-corrected chi connectivity index (χ0v) is 14.7. The third-order valence-corrected chi connectivity index (χ3v) is 5.32. The maximum Gasteiger partial charge on any atom is 0.0856 e. The van der Waals surface area contributed by atoms with Gasteiger partial charge in [-0.05, 0) is 42.8 Å². The van der Waals surface area contributed by atoms with E-state index in [1.165, 1.54) is 15.6 Å². The molecular weight excluding hydrogens is 322 g/mol. The first-order valence-corrected chi connectivity index (χ1v) is 8.98. The molecule has 120 valence electrons. The van der Waals surface area contributed by atoms with Crippen molar-refractivity contribution in [3.63, 3.8) is 0 Å². The molecule has 1 nitrogen and oxygen atoms in total. The van der Waals surface area contributed by atoms with Crippen molar-refractivity contribution in [1.29, 1.82) is 0 Å². The second kappa shape index (κ2) is 6.47. The third-order valence-electron chi connectivity index (χ3n) is 4.22. The van der Waals surface area contributed by atoms with Gasteiger partial charge in [-0.3, -0.25) is 0 Å². The Kier molecular flexibility index (Phi) is 4.01. The molecule has 0 aliphatic rings. The Balaban J connectivity index is 1.77. The molecule has 3 aromatic carbocycles. The molecule has 0 atom stereocenters. The third kappa shape index (κ3) is 3.03. The number of nitrogens with one attached hydrogen (secondary N) is 1. The van der Waals surface area contributed by atoms with Crippen molar-refractivity contribution >= 4 is 32.8 Å². The molecule has 0 fully saturated rings. The minimum Gasteiger partial charge on any atom is -0.356 e. The highest BCUT2D eigenvalue weighted by Crippen LogP contribution is 2.39. The van der Waals surface area contributed by atoms with Crippen LogP contribution >= 0.6 is 11.3 Å². The van der Waals surface area contributed by atoms with Crippen LogP contribution in [0.5, 0.6) is 0 Å². The van der Waals surface area contributed by atoms with E-state index >= 15 is 0 Å². The van der Waals surface area contributed by atoms with Crippen molar-refractivity contribution in [1.82, 2.24) is 0 Å². The monoisotopic (exact) mass is 339 g/mol. The van der Waals surface area contributed by atoms with E-state index in [-0.39, 0.29) is 0 Å². The lowest BCUT2D eigenvalue weighted by Gasteiger charge is -2.09. The average Bonchev–Trinajstić information content (AvgIpc) is 3.02. The van der Waals surface area contributed by atoms with Crippen LogP contribution in [0.25, 0.3) is 21.2 Å². The molecule has 0 aliphatic heterocycles. The quantitative estimate of drug-likeness (QED) is 0.415. The first kappa shape index (κ1) is 15.5. The van der Waals surface area contributed by atoms with Crippen LogP contribution in [0.1, 0.15) is 10.4 Å². The molecule has 0 radical (unpaired) electrons. The number of hydrogen-bond donors (Lipinski definition) is 1. The second-order valence-corrected chi connectivity index (χ2v) is 7.07. The van der Waals surface area contributed by atoms with E-state index in [1.54, 1.807) is 11.3 Å². The normalized spacial score (nSPS) is 10.6. The smallest absolute Gasteiger partial charge is 0.0856 e. The van der Waals surface area contributed by atoms with Gasteiger partial charge in [0.2, 0.25) is 0 Å². The van der Waals surface area contributed by atoms with Crippen LogP contribution in [0.2, 0.25) is 0 Å². The van der Waals surface area contributed by atoms with Gasteiger partial charge in [0.15, 0.2) is 0 Å². The van der Waals surface area contributed by atoms with Crippen molar-refractivity contribution in [2.75, 3.05) is 5.32 Å². The number of fused-ring (bicyclic) bond motifs is 1. The topological polar surface area (TPSA) is 12.0 Å². The van der Waals surface area contributed by atoms with E-state index in [1.807, 2.05) is 0 Å². The number of benzene rings is 3. The molecule has 2 heteroatoms. The zero-order chi connectivity index (χ0) is 17.2. The van der Waals surface area contributed by atoms with Crippen LogP contribution in [0.3, 0.4) is 0 Å².